The average molecular weight is 291 g/mol. The van der Waals surface area contributed by atoms with Crippen molar-refractivity contribution in [2.24, 2.45) is 11.8 Å². The molecule has 2 heterocycles. The molecule has 2 atom stereocenters. The maximum atomic E-state index is 12.1. The van der Waals surface area contributed by atoms with Crippen LogP contribution in [0.5, 0.6) is 5.75 Å². The Morgan fingerprint density at radius 2 is 1.90 bits per heavy atom. The number of hydrogen-bond acceptors (Lipinski definition) is 5. The van der Waals surface area contributed by atoms with E-state index in [4.69, 9.17) is 4.74 Å². The van der Waals surface area contributed by atoms with Crippen LogP contribution < -0.4 is 10.1 Å². The highest BCUT2D eigenvalue weighted by Crippen LogP contribution is 2.26. The monoisotopic (exact) mass is 291 g/mol. The number of nitro groups is 1. The van der Waals surface area contributed by atoms with E-state index in [0.717, 1.165) is 26.2 Å². The van der Waals surface area contributed by atoms with Crippen molar-refractivity contribution < 1.29 is 14.5 Å². The van der Waals surface area contributed by atoms with E-state index in [-0.39, 0.29) is 18.2 Å². The van der Waals surface area contributed by atoms with E-state index in [9.17, 15) is 14.9 Å². The van der Waals surface area contributed by atoms with Crippen molar-refractivity contribution in [1.82, 2.24) is 10.2 Å². The van der Waals surface area contributed by atoms with Gasteiger partial charge in [0, 0.05) is 38.3 Å². The molecule has 0 bridgehead atoms. The van der Waals surface area contributed by atoms with Gasteiger partial charge in [0.05, 0.1) is 4.92 Å². The van der Waals surface area contributed by atoms with Crippen LogP contribution in [0.25, 0.3) is 0 Å². The summed E-state index contributed by atoms with van der Waals surface area (Å²) in [7, 11) is 0. The van der Waals surface area contributed by atoms with Gasteiger partial charge in [-0.2, -0.15) is 0 Å². The van der Waals surface area contributed by atoms with Gasteiger partial charge in [-0.25, -0.2) is 0 Å². The van der Waals surface area contributed by atoms with Gasteiger partial charge in [-0.15, -0.1) is 0 Å². The fourth-order valence-electron chi connectivity index (χ4n) is 2.96. The van der Waals surface area contributed by atoms with Crippen LogP contribution in [-0.4, -0.2) is 48.5 Å². The van der Waals surface area contributed by atoms with E-state index in [1.165, 1.54) is 24.3 Å². The number of benzene rings is 1. The van der Waals surface area contributed by atoms with E-state index in [1.807, 2.05) is 4.90 Å². The SMILES string of the molecule is O=C(COc1ccc([N+](=O)[O-])cc1)N1C[C@H]2CNC[C@H]2C1. The number of likely N-dealkylation sites (tertiary alicyclic amines) is 1. The number of hydrogen-bond donors (Lipinski definition) is 1. The first kappa shape index (κ1) is 13.8. The van der Waals surface area contributed by atoms with Crippen LogP contribution in [0.3, 0.4) is 0 Å². The smallest absolute Gasteiger partial charge is 0.269 e. The Balaban J connectivity index is 1.50. The van der Waals surface area contributed by atoms with Crippen molar-refractivity contribution >= 4 is 11.6 Å². The van der Waals surface area contributed by atoms with Gasteiger partial charge in [0.25, 0.3) is 11.6 Å². The van der Waals surface area contributed by atoms with E-state index in [1.54, 1.807) is 0 Å². The van der Waals surface area contributed by atoms with E-state index >= 15 is 0 Å². The molecule has 0 aromatic heterocycles. The summed E-state index contributed by atoms with van der Waals surface area (Å²) in [5, 5.41) is 13.9. The Kier molecular flexibility index (Phi) is 3.74. The molecule has 3 rings (SSSR count). The summed E-state index contributed by atoms with van der Waals surface area (Å²) in [6.45, 7) is 3.53. The molecular weight excluding hydrogens is 274 g/mol. The fraction of sp³-hybridized carbons (Fsp3) is 0.500. The molecule has 0 spiro atoms. The lowest BCUT2D eigenvalue weighted by atomic mass is 10.0. The van der Waals surface area contributed by atoms with Gasteiger partial charge in [0.15, 0.2) is 6.61 Å². The number of amides is 1. The number of carbonyl (C=O) groups excluding carboxylic acids is 1. The third-order valence-electron chi connectivity index (χ3n) is 4.15. The lowest BCUT2D eigenvalue weighted by Crippen LogP contribution is -2.35. The maximum absolute atomic E-state index is 12.1. The lowest BCUT2D eigenvalue weighted by molar-refractivity contribution is -0.384. The third kappa shape index (κ3) is 2.97. The second-order valence-electron chi connectivity index (χ2n) is 5.52. The predicted molar refractivity (Wildman–Crippen MR) is 75.0 cm³/mol. The molecule has 2 aliphatic heterocycles. The molecule has 2 saturated heterocycles. The molecule has 2 aliphatic rings. The van der Waals surface area contributed by atoms with Crippen molar-refractivity contribution in [1.29, 1.82) is 0 Å². The molecule has 0 radical (unpaired) electrons. The number of carbonyl (C=O) groups is 1. The largest absolute Gasteiger partial charge is 0.484 e. The Bertz CT molecular complexity index is 534. The summed E-state index contributed by atoms with van der Waals surface area (Å²) >= 11 is 0. The van der Waals surface area contributed by atoms with Crippen molar-refractivity contribution in [2.45, 2.75) is 0 Å². The molecule has 7 heteroatoms. The van der Waals surface area contributed by atoms with Crippen molar-refractivity contribution in [2.75, 3.05) is 32.8 Å². The highest BCUT2D eigenvalue weighted by atomic mass is 16.6. The Morgan fingerprint density at radius 3 is 2.48 bits per heavy atom. The number of fused-ring (bicyclic) bond motifs is 1. The summed E-state index contributed by atoms with van der Waals surface area (Å²) in [4.78, 5) is 24.0. The summed E-state index contributed by atoms with van der Waals surface area (Å²) in [5.41, 5.74) is 0.00791. The number of nitrogens with zero attached hydrogens (tertiary/aromatic N) is 2. The van der Waals surface area contributed by atoms with Crippen LogP contribution in [0.1, 0.15) is 0 Å². The van der Waals surface area contributed by atoms with Gasteiger partial charge in [-0.1, -0.05) is 0 Å². The zero-order chi connectivity index (χ0) is 14.8. The van der Waals surface area contributed by atoms with E-state index in [2.05, 4.69) is 5.32 Å². The number of ether oxygens (including phenoxy) is 1. The first-order chi connectivity index (χ1) is 10.1. The number of rotatable bonds is 4. The third-order valence-corrected chi connectivity index (χ3v) is 4.15. The first-order valence-corrected chi connectivity index (χ1v) is 6.99. The normalized spacial score (nSPS) is 23.9. The molecule has 1 aromatic carbocycles. The maximum Gasteiger partial charge on any atom is 0.269 e. The summed E-state index contributed by atoms with van der Waals surface area (Å²) in [5.74, 6) is 1.57. The highest BCUT2D eigenvalue weighted by Gasteiger charge is 2.37. The zero-order valence-corrected chi connectivity index (χ0v) is 11.5. The van der Waals surface area contributed by atoms with Crippen molar-refractivity contribution in [3.63, 3.8) is 0 Å². The molecule has 21 heavy (non-hydrogen) atoms. The van der Waals surface area contributed by atoms with Gasteiger partial charge in [-0.3, -0.25) is 14.9 Å². The topological polar surface area (TPSA) is 84.7 Å². The Labute approximate surface area is 122 Å². The molecule has 112 valence electrons. The minimum Gasteiger partial charge on any atom is -0.484 e. The highest BCUT2D eigenvalue weighted by molar-refractivity contribution is 5.78. The van der Waals surface area contributed by atoms with Crippen molar-refractivity contribution in [3.05, 3.63) is 34.4 Å². The van der Waals surface area contributed by atoms with Crippen LogP contribution in [-0.2, 0) is 4.79 Å². The van der Waals surface area contributed by atoms with Gasteiger partial charge in [0.1, 0.15) is 5.75 Å². The van der Waals surface area contributed by atoms with Gasteiger partial charge < -0.3 is 15.0 Å². The molecule has 1 aromatic rings. The quantitative estimate of drug-likeness (QED) is 0.650. The predicted octanol–water partition coefficient (Wildman–Crippen LogP) is 0.651. The molecule has 0 unspecified atom stereocenters. The Morgan fingerprint density at radius 1 is 1.29 bits per heavy atom. The van der Waals surface area contributed by atoms with Crippen LogP contribution >= 0.6 is 0 Å². The van der Waals surface area contributed by atoms with E-state index in [0.29, 0.717) is 17.6 Å². The molecule has 0 aliphatic carbocycles. The number of nitro benzene ring substituents is 1. The summed E-state index contributed by atoms with van der Waals surface area (Å²) in [6.07, 6.45) is 0. The van der Waals surface area contributed by atoms with Crippen molar-refractivity contribution in [3.8, 4) is 5.75 Å². The zero-order valence-electron chi connectivity index (χ0n) is 11.5. The summed E-state index contributed by atoms with van der Waals surface area (Å²) < 4.78 is 5.41. The van der Waals surface area contributed by atoms with E-state index < -0.39 is 4.92 Å². The fourth-order valence-corrected chi connectivity index (χ4v) is 2.96. The summed E-state index contributed by atoms with van der Waals surface area (Å²) in [6, 6.07) is 5.75. The van der Waals surface area contributed by atoms with Crippen LogP contribution in [0, 0.1) is 22.0 Å². The lowest BCUT2D eigenvalue weighted by Gasteiger charge is -2.17. The minimum atomic E-state index is -0.466. The first-order valence-electron chi connectivity index (χ1n) is 6.99. The van der Waals surface area contributed by atoms with Gasteiger partial charge in [0.2, 0.25) is 0 Å². The average Bonchev–Trinajstić information content (AvgIpc) is 3.06. The minimum absolute atomic E-state index is 0.00791. The second-order valence-corrected chi connectivity index (χ2v) is 5.52. The molecule has 0 saturated carbocycles. The molecular formula is C14H17N3O4. The van der Waals surface area contributed by atoms with Crippen LogP contribution in [0.4, 0.5) is 5.69 Å². The number of non-ortho nitro benzene ring substituents is 1. The van der Waals surface area contributed by atoms with Gasteiger partial charge in [-0.05, 0) is 24.0 Å². The second kappa shape index (κ2) is 5.69. The number of nitrogens with one attached hydrogen (secondary N) is 1. The molecule has 1 N–H and O–H groups in total. The van der Waals surface area contributed by atoms with Crippen LogP contribution in [0.15, 0.2) is 24.3 Å². The molecule has 2 fully saturated rings. The van der Waals surface area contributed by atoms with Gasteiger partial charge >= 0.3 is 0 Å². The van der Waals surface area contributed by atoms with Crippen LogP contribution in [0.2, 0.25) is 0 Å². The molecule has 1 amide bonds. The Hall–Kier alpha value is -2.15. The standard InChI is InChI=1S/C14H17N3O4/c18-14(16-7-10-5-15-6-11(10)8-16)9-21-13-3-1-12(2-4-13)17(19)20/h1-4,10-11,15H,5-9H2/t10-,11+. The molecule has 7 nitrogen and oxygen atoms in total.